The van der Waals surface area contributed by atoms with E-state index in [9.17, 15) is 14.4 Å². The Morgan fingerprint density at radius 3 is 2.67 bits per heavy atom. The smallest absolute Gasteiger partial charge is 0.224 e. The zero-order valence-electron chi connectivity index (χ0n) is 19.2. The number of nitrogens with zero attached hydrogens (tertiary/aromatic N) is 3. The quantitative estimate of drug-likeness (QED) is 0.318. The van der Waals surface area contributed by atoms with Crippen molar-refractivity contribution in [2.45, 2.75) is 31.7 Å². The molecule has 3 rings (SSSR count). The average Bonchev–Trinajstić information content (AvgIpc) is 3.38. The van der Waals surface area contributed by atoms with Gasteiger partial charge in [-0.1, -0.05) is 0 Å². The number of ether oxygens (including phenoxy) is 2. The maximum absolute atomic E-state index is 12.2. The summed E-state index contributed by atoms with van der Waals surface area (Å²) in [5, 5.41) is 2.77. The van der Waals surface area contributed by atoms with Gasteiger partial charge in [-0.3, -0.25) is 24.3 Å². The molecule has 1 aromatic heterocycles. The first-order valence-electron chi connectivity index (χ1n) is 10.9. The number of methoxy groups -OCH3 is 1. The summed E-state index contributed by atoms with van der Waals surface area (Å²) in [4.78, 5) is 41.4. The van der Waals surface area contributed by atoms with Gasteiger partial charge in [-0.15, -0.1) is 0 Å². The molecule has 0 radical (unpaired) electrons. The minimum absolute atomic E-state index is 0.170. The average molecular weight is 455 g/mol. The van der Waals surface area contributed by atoms with Crippen LogP contribution in [-0.4, -0.2) is 67.5 Å². The van der Waals surface area contributed by atoms with Gasteiger partial charge in [0.15, 0.2) is 24.1 Å². The molecule has 2 heterocycles. The van der Waals surface area contributed by atoms with Gasteiger partial charge in [0.2, 0.25) is 5.91 Å². The predicted octanol–water partition coefficient (Wildman–Crippen LogP) is 3.25. The third kappa shape index (κ3) is 6.29. The number of aldehydes is 2. The number of aliphatic imine (C=N–C) groups is 1. The summed E-state index contributed by atoms with van der Waals surface area (Å²) in [6.45, 7) is 1.32. The first-order chi connectivity index (χ1) is 15.9. The fourth-order valence-electron chi connectivity index (χ4n) is 3.74. The molecule has 2 aromatic rings. The van der Waals surface area contributed by atoms with Gasteiger partial charge < -0.3 is 19.4 Å². The Kier molecular flexibility index (Phi) is 8.37. The highest BCUT2D eigenvalue weighted by Gasteiger charge is 2.19. The Hall–Kier alpha value is -3.46. The van der Waals surface area contributed by atoms with E-state index in [1.165, 1.54) is 7.11 Å². The molecule has 1 unspecified atom stereocenters. The molecule has 1 aliphatic rings. The van der Waals surface area contributed by atoms with Crippen LogP contribution >= 0.6 is 0 Å². The molecule has 176 valence electrons. The van der Waals surface area contributed by atoms with Crippen molar-refractivity contribution in [3.63, 3.8) is 0 Å². The highest BCUT2D eigenvalue weighted by molar-refractivity contribution is 5.91. The lowest BCUT2D eigenvalue weighted by Crippen LogP contribution is -2.25. The molecular weight excluding hydrogens is 424 g/mol. The maximum atomic E-state index is 12.2. The Balaban J connectivity index is 1.58. The van der Waals surface area contributed by atoms with Crippen LogP contribution in [0.1, 0.15) is 46.5 Å². The molecule has 0 saturated carbocycles. The molecule has 0 bridgehead atoms. The van der Waals surface area contributed by atoms with Crippen LogP contribution in [0.15, 0.2) is 29.4 Å². The van der Waals surface area contributed by atoms with Gasteiger partial charge in [0.25, 0.3) is 0 Å². The monoisotopic (exact) mass is 454 g/mol. The van der Waals surface area contributed by atoms with Gasteiger partial charge in [0.05, 0.1) is 30.8 Å². The van der Waals surface area contributed by atoms with Crippen molar-refractivity contribution in [3.8, 4) is 11.5 Å². The van der Waals surface area contributed by atoms with Crippen LogP contribution in [0.2, 0.25) is 0 Å². The summed E-state index contributed by atoms with van der Waals surface area (Å²) in [6.07, 6.45) is 7.93. The molecule has 1 fully saturated rings. The van der Waals surface area contributed by atoms with Crippen LogP contribution in [0.25, 0.3) is 0 Å². The van der Waals surface area contributed by atoms with E-state index in [4.69, 9.17) is 9.47 Å². The van der Waals surface area contributed by atoms with Crippen molar-refractivity contribution in [2.24, 2.45) is 12.0 Å². The first kappa shape index (κ1) is 24.2. The van der Waals surface area contributed by atoms with Crippen LogP contribution < -0.4 is 14.8 Å². The van der Waals surface area contributed by atoms with Crippen LogP contribution in [0.4, 0.5) is 11.4 Å². The zero-order chi connectivity index (χ0) is 23.8. The summed E-state index contributed by atoms with van der Waals surface area (Å²) < 4.78 is 12.9. The summed E-state index contributed by atoms with van der Waals surface area (Å²) in [7, 11) is 5.30. The maximum Gasteiger partial charge on any atom is 0.224 e. The lowest BCUT2D eigenvalue weighted by Gasteiger charge is -2.15. The first-order valence-corrected chi connectivity index (χ1v) is 10.9. The number of hydrogen-bond donors (Lipinski definition) is 1. The SMILES string of the molecule is COc1cc(C=O)c(/N=C\C2CCCN2C)cc1OCCCC(=O)Nc1cc(C=O)n(C)c1. The highest BCUT2D eigenvalue weighted by atomic mass is 16.5. The molecule has 9 nitrogen and oxygen atoms in total. The fraction of sp³-hybridized carbons (Fsp3) is 0.417. The third-order valence-corrected chi connectivity index (χ3v) is 5.66. The predicted molar refractivity (Wildman–Crippen MR) is 126 cm³/mol. The Morgan fingerprint density at radius 2 is 2.03 bits per heavy atom. The summed E-state index contributed by atoms with van der Waals surface area (Å²) in [5.74, 6) is 0.731. The van der Waals surface area contributed by atoms with Crippen molar-refractivity contribution in [3.05, 3.63) is 35.7 Å². The second-order valence-electron chi connectivity index (χ2n) is 8.03. The molecule has 1 atom stereocenters. The van der Waals surface area contributed by atoms with E-state index in [0.29, 0.717) is 40.6 Å². The van der Waals surface area contributed by atoms with Gasteiger partial charge in [-0.25, -0.2) is 0 Å². The van der Waals surface area contributed by atoms with E-state index in [2.05, 4.69) is 22.3 Å². The van der Waals surface area contributed by atoms with E-state index in [1.807, 2.05) is 6.21 Å². The van der Waals surface area contributed by atoms with E-state index in [1.54, 1.807) is 36.0 Å². The largest absolute Gasteiger partial charge is 0.493 e. The molecule has 1 amide bonds. The second-order valence-corrected chi connectivity index (χ2v) is 8.03. The van der Waals surface area contributed by atoms with Crippen LogP contribution in [0.3, 0.4) is 0 Å². The molecule has 9 heteroatoms. The molecule has 0 aliphatic carbocycles. The number of likely N-dealkylation sites (tertiary alicyclic amines) is 1. The van der Waals surface area contributed by atoms with E-state index >= 15 is 0 Å². The van der Waals surface area contributed by atoms with Gasteiger partial charge in [-0.05, 0) is 45.0 Å². The number of carbonyl (C=O) groups is 3. The number of nitrogens with one attached hydrogen (secondary N) is 1. The van der Waals surface area contributed by atoms with Gasteiger partial charge in [-0.2, -0.15) is 0 Å². The fourth-order valence-corrected chi connectivity index (χ4v) is 3.74. The summed E-state index contributed by atoms with van der Waals surface area (Å²) in [6, 6.07) is 5.17. The summed E-state index contributed by atoms with van der Waals surface area (Å²) in [5.41, 5.74) is 2.01. The molecule has 1 aromatic carbocycles. The standard InChI is InChI=1S/C24H30N4O5/c1-27-8-4-6-19(27)13-25-21-12-23(22(32-3)10-17(21)15-29)33-9-5-7-24(31)26-18-11-20(16-30)28(2)14-18/h10-16,19H,4-9H2,1-3H3,(H,26,31)/b25-13-. The van der Waals surface area contributed by atoms with Crippen molar-refractivity contribution in [1.29, 1.82) is 0 Å². The van der Waals surface area contributed by atoms with Crippen molar-refractivity contribution < 1.29 is 23.9 Å². The zero-order valence-corrected chi connectivity index (χ0v) is 19.2. The Bertz CT molecular complexity index is 1030. The van der Waals surface area contributed by atoms with Crippen molar-refractivity contribution in [1.82, 2.24) is 9.47 Å². The molecule has 1 saturated heterocycles. The lowest BCUT2D eigenvalue weighted by atomic mass is 10.1. The molecule has 33 heavy (non-hydrogen) atoms. The third-order valence-electron chi connectivity index (χ3n) is 5.66. The van der Waals surface area contributed by atoms with Gasteiger partial charge in [0.1, 0.15) is 0 Å². The van der Waals surface area contributed by atoms with Crippen LogP contribution in [0, 0.1) is 0 Å². The van der Waals surface area contributed by atoms with Gasteiger partial charge >= 0.3 is 0 Å². The van der Waals surface area contributed by atoms with E-state index in [0.717, 1.165) is 32.0 Å². The second kappa shape index (κ2) is 11.4. The van der Waals surface area contributed by atoms with Crippen LogP contribution in [-0.2, 0) is 11.8 Å². The number of aromatic nitrogens is 1. The molecule has 0 spiro atoms. The van der Waals surface area contributed by atoms with Crippen molar-refractivity contribution >= 4 is 36.1 Å². The van der Waals surface area contributed by atoms with E-state index in [-0.39, 0.29) is 25.0 Å². The van der Waals surface area contributed by atoms with Gasteiger partial charge in [0, 0.05) is 43.6 Å². The highest BCUT2D eigenvalue weighted by Crippen LogP contribution is 2.34. The topological polar surface area (TPSA) is 102 Å². The molecule has 1 N–H and O–H groups in total. The Morgan fingerprint density at radius 1 is 1.21 bits per heavy atom. The normalized spacial score (nSPS) is 16.2. The van der Waals surface area contributed by atoms with Crippen molar-refractivity contribution in [2.75, 3.05) is 32.6 Å². The lowest BCUT2D eigenvalue weighted by molar-refractivity contribution is -0.116. The minimum atomic E-state index is -0.170. The number of benzene rings is 1. The van der Waals surface area contributed by atoms with Crippen LogP contribution in [0.5, 0.6) is 11.5 Å². The molecular formula is C24H30N4O5. The number of aryl methyl sites for hydroxylation is 1. The number of rotatable bonds is 11. The molecule has 1 aliphatic heterocycles. The summed E-state index contributed by atoms with van der Waals surface area (Å²) >= 11 is 0. The number of anilines is 1. The Labute approximate surface area is 193 Å². The van der Waals surface area contributed by atoms with E-state index < -0.39 is 0 Å². The minimum Gasteiger partial charge on any atom is -0.493 e. The number of carbonyl (C=O) groups excluding carboxylic acids is 3. The number of hydrogen-bond acceptors (Lipinski definition) is 7. The number of amides is 1.